The molecule has 1 aromatic rings. The van der Waals surface area contributed by atoms with E-state index in [-0.39, 0.29) is 0 Å². The predicted molar refractivity (Wildman–Crippen MR) is 70.2 cm³/mol. The van der Waals surface area contributed by atoms with Crippen molar-refractivity contribution in [3.05, 3.63) is 12.2 Å². The van der Waals surface area contributed by atoms with Crippen LogP contribution >= 0.6 is 11.6 Å². The molecule has 1 fully saturated rings. The summed E-state index contributed by atoms with van der Waals surface area (Å²) in [7, 11) is 0. The van der Waals surface area contributed by atoms with Crippen LogP contribution in [0, 0.1) is 11.8 Å². The van der Waals surface area contributed by atoms with E-state index < -0.39 is 0 Å². The van der Waals surface area contributed by atoms with Crippen LogP contribution in [-0.4, -0.2) is 20.1 Å². The van der Waals surface area contributed by atoms with Gasteiger partial charge in [-0.05, 0) is 37.5 Å². The summed E-state index contributed by atoms with van der Waals surface area (Å²) in [5.74, 6) is 2.48. The zero-order chi connectivity index (χ0) is 12.3. The maximum Gasteiger partial charge on any atom is 0.138 e. The molecule has 1 aliphatic rings. The quantitative estimate of drug-likeness (QED) is 0.773. The van der Waals surface area contributed by atoms with Gasteiger partial charge in [0.2, 0.25) is 0 Å². The van der Waals surface area contributed by atoms with Gasteiger partial charge in [0.05, 0.1) is 0 Å². The van der Waals surface area contributed by atoms with E-state index in [1.54, 1.807) is 6.33 Å². The highest BCUT2D eigenvalue weighted by Crippen LogP contribution is 2.34. The van der Waals surface area contributed by atoms with Gasteiger partial charge >= 0.3 is 0 Å². The number of hydrogen-bond acceptors (Lipinski definition) is 2. The first-order valence-corrected chi connectivity index (χ1v) is 7.15. The Labute approximate surface area is 109 Å². The molecule has 96 valence electrons. The van der Waals surface area contributed by atoms with Crippen LogP contribution < -0.4 is 0 Å². The van der Waals surface area contributed by atoms with Crippen molar-refractivity contribution in [3.63, 3.8) is 0 Å². The maximum absolute atomic E-state index is 6.44. The van der Waals surface area contributed by atoms with E-state index in [0.717, 1.165) is 37.5 Å². The van der Waals surface area contributed by atoms with E-state index in [9.17, 15) is 0 Å². The van der Waals surface area contributed by atoms with E-state index in [2.05, 4.69) is 23.9 Å². The van der Waals surface area contributed by atoms with Crippen molar-refractivity contribution < 1.29 is 0 Å². The molecule has 0 saturated heterocycles. The van der Waals surface area contributed by atoms with Crippen LogP contribution in [0.2, 0.25) is 0 Å². The summed E-state index contributed by atoms with van der Waals surface area (Å²) in [6.45, 7) is 5.45. The molecule has 4 heteroatoms. The van der Waals surface area contributed by atoms with Gasteiger partial charge < -0.3 is 0 Å². The Morgan fingerprint density at radius 2 is 2.29 bits per heavy atom. The highest BCUT2D eigenvalue weighted by atomic mass is 35.5. The molecule has 3 atom stereocenters. The number of aromatic nitrogens is 3. The van der Waals surface area contributed by atoms with E-state index in [4.69, 9.17) is 11.6 Å². The smallest absolute Gasteiger partial charge is 0.138 e. The van der Waals surface area contributed by atoms with Crippen molar-refractivity contribution in [3.8, 4) is 0 Å². The van der Waals surface area contributed by atoms with Gasteiger partial charge in [-0.2, -0.15) is 5.10 Å². The zero-order valence-electron chi connectivity index (χ0n) is 10.8. The van der Waals surface area contributed by atoms with Crippen LogP contribution in [0.3, 0.4) is 0 Å². The molecule has 0 spiro atoms. The first-order chi connectivity index (χ1) is 8.20. The molecule has 1 saturated carbocycles. The minimum Gasteiger partial charge on any atom is -0.250 e. The molecule has 2 rings (SSSR count). The molecule has 0 aliphatic heterocycles. The van der Waals surface area contributed by atoms with E-state index in [1.165, 1.54) is 12.8 Å². The summed E-state index contributed by atoms with van der Waals surface area (Å²) in [5.41, 5.74) is 0. The summed E-state index contributed by atoms with van der Waals surface area (Å²) < 4.78 is 2.03. The van der Waals surface area contributed by atoms with Crippen LogP contribution in [0.1, 0.15) is 45.4 Å². The first-order valence-electron chi connectivity index (χ1n) is 6.71. The molecule has 1 aromatic heterocycles. The average Bonchev–Trinajstić information content (AvgIpc) is 2.72. The predicted octanol–water partition coefficient (Wildman–Crippen LogP) is 3.27. The van der Waals surface area contributed by atoms with Gasteiger partial charge in [0.1, 0.15) is 12.2 Å². The SMILES string of the molecule is CCCn1ncnc1CC1CC(C)CCC1Cl. The van der Waals surface area contributed by atoms with Gasteiger partial charge in [0.15, 0.2) is 0 Å². The molecule has 1 heterocycles. The van der Waals surface area contributed by atoms with Crippen molar-refractivity contribution in [1.82, 2.24) is 14.8 Å². The fourth-order valence-corrected chi connectivity index (χ4v) is 3.07. The third kappa shape index (κ3) is 3.21. The van der Waals surface area contributed by atoms with Gasteiger partial charge in [-0.1, -0.05) is 13.8 Å². The Balaban J connectivity index is 2.01. The number of rotatable bonds is 4. The second-order valence-electron chi connectivity index (χ2n) is 5.30. The van der Waals surface area contributed by atoms with Gasteiger partial charge in [-0.25, -0.2) is 4.98 Å². The van der Waals surface area contributed by atoms with E-state index in [0.29, 0.717) is 11.3 Å². The summed E-state index contributed by atoms with van der Waals surface area (Å²) >= 11 is 6.44. The molecule has 1 aliphatic carbocycles. The van der Waals surface area contributed by atoms with E-state index in [1.807, 2.05) is 4.68 Å². The molecule has 0 N–H and O–H groups in total. The molecule has 0 radical (unpaired) electrons. The van der Waals surface area contributed by atoms with Crippen molar-refractivity contribution in [2.45, 2.75) is 57.9 Å². The van der Waals surface area contributed by atoms with Gasteiger partial charge in [-0.15, -0.1) is 11.6 Å². The van der Waals surface area contributed by atoms with Crippen LogP contribution in [0.4, 0.5) is 0 Å². The highest BCUT2D eigenvalue weighted by molar-refractivity contribution is 6.20. The molecule has 3 nitrogen and oxygen atoms in total. The number of alkyl halides is 1. The Morgan fingerprint density at radius 1 is 1.47 bits per heavy atom. The Morgan fingerprint density at radius 3 is 3.06 bits per heavy atom. The lowest BCUT2D eigenvalue weighted by atomic mass is 9.80. The van der Waals surface area contributed by atoms with Gasteiger partial charge in [-0.3, -0.25) is 4.68 Å². The summed E-state index contributed by atoms with van der Waals surface area (Å²) in [5, 5.41) is 4.60. The van der Waals surface area contributed by atoms with Crippen molar-refractivity contribution >= 4 is 11.6 Å². The topological polar surface area (TPSA) is 30.7 Å². The standard InChI is InChI=1S/C13H22ClN3/c1-3-6-17-13(15-9-16-17)8-11-7-10(2)4-5-12(11)14/h9-12H,3-8H2,1-2H3. The molecular weight excluding hydrogens is 234 g/mol. The number of nitrogens with zero attached hydrogens (tertiary/aromatic N) is 3. The van der Waals surface area contributed by atoms with Gasteiger partial charge in [0.25, 0.3) is 0 Å². The Kier molecular flexibility index (Phi) is 4.43. The molecule has 3 unspecified atom stereocenters. The number of hydrogen-bond donors (Lipinski definition) is 0. The minimum absolute atomic E-state index is 0.318. The lowest BCUT2D eigenvalue weighted by molar-refractivity contribution is 0.281. The lowest BCUT2D eigenvalue weighted by Gasteiger charge is -2.30. The maximum atomic E-state index is 6.44. The highest BCUT2D eigenvalue weighted by Gasteiger charge is 2.28. The van der Waals surface area contributed by atoms with Crippen molar-refractivity contribution in [2.75, 3.05) is 0 Å². The fourth-order valence-electron chi connectivity index (χ4n) is 2.75. The fraction of sp³-hybridized carbons (Fsp3) is 0.846. The Hall–Kier alpha value is -0.570. The molecule has 0 aromatic carbocycles. The third-order valence-electron chi connectivity index (χ3n) is 3.73. The largest absolute Gasteiger partial charge is 0.250 e. The Bertz CT molecular complexity index is 350. The summed E-state index contributed by atoms with van der Waals surface area (Å²) in [6.07, 6.45) is 7.40. The van der Waals surface area contributed by atoms with Crippen LogP contribution in [0.15, 0.2) is 6.33 Å². The average molecular weight is 256 g/mol. The molecule has 0 amide bonds. The van der Waals surface area contributed by atoms with Crippen molar-refractivity contribution in [2.24, 2.45) is 11.8 Å². The number of halogens is 1. The summed E-state index contributed by atoms with van der Waals surface area (Å²) in [4.78, 5) is 4.38. The summed E-state index contributed by atoms with van der Waals surface area (Å²) in [6, 6.07) is 0. The minimum atomic E-state index is 0.318. The molecule has 17 heavy (non-hydrogen) atoms. The first kappa shape index (κ1) is 12.9. The number of aryl methyl sites for hydroxylation is 1. The normalized spacial score (nSPS) is 29.5. The van der Waals surface area contributed by atoms with Crippen LogP contribution in [-0.2, 0) is 13.0 Å². The second kappa shape index (κ2) is 5.85. The third-order valence-corrected chi connectivity index (χ3v) is 4.30. The zero-order valence-corrected chi connectivity index (χ0v) is 11.5. The second-order valence-corrected chi connectivity index (χ2v) is 5.86. The molecular formula is C13H22ClN3. The monoisotopic (exact) mass is 255 g/mol. The van der Waals surface area contributed by atoms with Gasteiger partial charge in [0, 0.05) is 18.3 Å². The molecule has 0 bridgehead atoms. The van der Waals surface area contributed by atoms with Crippen molar-refractivity contribution in [1.29, 1.82) is 0 Å². The van der Waals surface area contributed by atoms with E-state index >= 15 is 0 Å². The lowest BCUT2D eigenvalue weighted by Crippen LogP contribution is -2.27. The van der Waals surface area contributed by atoms with Crippen LogP contribution in [0.5, 0.6) is 0 Å². The van der Waals surface area contributed by atoms with Crippen LogP contribution in [0.25, 0.3) is 0 Å².